The SMILES string of the molecule is CC(C)c1nn(C)cc1CNCC1CC=CCC1. The van der Waals surface area contributed by atoms with Gasteiger partial charge in [0.05, 0.1) is 5.69 Å². The van der Waals surface area contributed by atoms with E-state index in [1.165, 1.54) is 30.5 Å². The van der Waals surface area contributed by atoms with E-state index in [1.807, 2.05) is 11.7 Å². The van der Waals surface area contributed by atoms with Gasteiger partial charge in [0, 0.05) is 25.4 Å². The molecule has 18 heavy (non-hydrogen) atoms. The molecule has 1 atom stereocenters. The average Bonchev–Trinajstić information content (AvgIpc) is 2.72. The second-order valence-electron chi connectivity index (χ2n) is 5.65. The van der Waals surface area contributed by atoms with Gasteiger partial charge < -0.3 is 5.32 Å². The van der Waals surface area contributed by atoms with Crippen LogP contribution in [0.25, 0.3) is 0 Å². The number of rotatable bonds is 5. The molecule has 3 heteroatoms. The zero-order valence-electron chi connectivity index (χ0n) is 11.8. The molecule has 0 aliphatic heterocycles. The van der Waals surface area contributed by atoms with Gasteiger partial charge in [0.2, 0.25) is 0 Å². The summed E-state index contributed by atoms with van der Waals surface area (Å²) in [7, 11) is 2.00. The lowest BCUT2D eigenvalue weighted by atomic mass is 9.94. The fraction of sp³-hybridized carbons (Fsp3) is 0.667. The number of aryl methyl sites for hydroxylation is 1. The summed E-state index contributed by atoms with van der Waals surface area (Å²) in [5.74, 6) is 1.31. The van der Waals surface area contributed by atoms with Gasteiger partial charge in [-0.2, -0.15) is 5.10 Å². The van der Waals surface area contributed by atoms with Crippen LogP contribution in [0.1, 0.15) is 50.3 Å². The normalized spacial score (nSPS) is 19.7. The standard InChI is InChI=1S/C15H25N3/c1-12(2)15-14(11-18(3)17-15)10-16-9-13-7-5-4-6-8-13/h4-5,11-13,16H,6-10H2,1-3H3. The van der Waals surface area contributed by atoms with Crippen molar-refractivity contribution in [3.8, 4) is 0 Å². The molecular weight excluding hydrogens is 222 g/mol. The third-order valence-electron chi connectivity index (χ3n) is 3.61. The maximum Gasteiger partial charge on any atom is 0.0694 e. The lowest BCUT2D eigenvalue weighted by Crippen LogP contribution is -2.23. The Morgan fingerprint density at radius 2 is 2.28 bits per heavy atom. The molecule has 1 aliphatic carbocycles. The Labute approximate surface area is 110 Å². The topological polar surface area (TPSA) is 29.9 Å². The Morgan fingerprint density at radius 3 is 2.94 bits per heavy atom. The lowest BCUT2D eigenvalue weighted by Gasteiger charge is -2.18. The van der Waals surface area contributed by atoms with Gasteiger partial charge in [0.25, 0.3) is 0 Å². The van der Waals surface area contributed by atoms with Crippen molar-refractivity contribution in [1.29, 1.82) is 0 Å². The largest absolute Gasteiger partial charge is 0.312 e. The molecule has 0 saturated heterocycles. The van der Waals surface area contributed by atoms with Crippen molar-refractivity contribution < 1.29 is 0 Å². The van der Waals surface area contributed by atoms with E-state index in [2.05, 4.69) is 42.6 Å². The van der Waals surface area contributed by atoms with Gasteiger partial charge in [-0.15, -0.1) is 0 Å². The molecule has 0 saturated carbocycles. The van der Waals surface area contributed by atoms with Crippen LogP contribution in [0.4, 0.5) is 0 Å². The Morgan fingerprint density at radius 1 is 1.44 bits per heavy atom. The predicted octanol–water partition coefficient (Wildman–Crippen LogP) is 2.99. The molecule has 100 valence electrons. The highest BCUT2D eigenvalue weighted by molar-refractivity contribution is 5.19. The first-order chi connectivity index (χ1) is 8.66. The highest BCUT2D eigenvalue weighted by Gasteiger charge is 2.13. The van der Waals surface area contributed by atoms with Crippen LogP contribution in [0.2, 0.25) is 0 Å². The molecule has 1 aromatic rings. The minimum absolute atomic E-state index is 0.501. The van der Waals surface area contributed by atoms with Gasteiger partial charge >= 0.3 is 0 Å². The number of nitrogens with one attached hydrogen (secondary N) is 1. The van der Waals surface area contributed by atoms with Crippen LogP contribution in [0.5, 0.6) is 0 Å². The summed E-state index contributed by atoms with van der Waals surface area (Å²) in [5.41, 5.74) is 2.58. The Bertz CT molecular complexity index is 404. The molecule has 0 bridgehead atoms. The Kier molecular flexibility index (Phi) is 4.59. The van der Waals surface area contributed by atoms with Crippen LogP contribution in [-0.2, 0) is 13.6 Å². The molecule has 0 amide bonds. The summed E-state index contributed by atoms with van der Waals surface area (Å²) >= 11 is 0. The highest BCUT2D eigenvalue weighted by atomic mass is 15.3. The van der Waals surface area contributed by atoms with E-state index in [4.69, 9.17) is 0 Å². The van der Waals surface area contributed by atoms with E-state index < -0.39 is 0 Å². The third kappa shape index (κ3) is 3.45. The number of aromatic nitrogens is 2. The first-order valence-electron chi connectivity index (χ1n) is 7.05. The van der Waals surface area contributed by atoms with Gasteiger partial charge in [-0.1, -0.05) is 26.0 Å². The van der Waals surface area contributed by atoms with E-state index in [0.717, 1.165) is 19.0 Å². The molecule has 0 fully saturated rings. The number of hydrogen-bond acceptors (Lipinski definition) is 2. The lowest BCUT2D eigenvalue weighted by molar-refractivity contribution is 0.440. The van der Waals surface area contributed by atoms with E-state index in [9.17, 15) is 0 Å². The van der Waals surface area contributed by atoms with Crippen molar-refractivity contribution in [1.82, 2.24) is 15.1 Å². The third-order valence-corrected chi connectivity index (χ3v) is 3.61. The molecule has 1 aliphatic rings. The summed E-state index contributed by atoms with van der Waals surface area (Å²) in [6, 6.07) is 0. The van der Waals surface area contributed by atoms with Crippen molar-refractivity contribution in [2.24, 2.45) is 13.0 Å². The van der Waals surface area contributed by atoms with E-state index >= 15 is 0 Å². The van der Waals surface area contributed by atoms with Crippen LogP contribution in [0, 0.1) is 5.92 Å². The minimum Gasteiger partial charge on any atom is -0.312 e. The molecule has 2 rings (SSSR count). The van der Waals surface area contributed by atoms with Crippen LogP contribution < -0.4 is 5.32 Å². The van der Waals surface area contributed by atoms with E-state index in [1.54, 1.807) is 0 Å². The number of nitrogens with zero attached hydrogens (tertiary/aromatic N) is 2. The number of allylic oxidation sites excluding steroid dienone is 2. The molecule has 0 aromatic carbocycles. The second kappa shape index (κ2) is 6.19. The van der Waals surface area contributed by atoms with Crippen LogP contribution in [-0.4, -0.2) is 16.3 Å². The quantitative estimate of drug-likeness (QED) is 0.811. The smallest absolute Gasteiger partial charge is 0.0694 e. The summed E-state index contributed by atoms with van der Waals surface area (Å²) in [6.07, 6.45) is 10.6. The minimum atomic E-state index is 0.501. The zero-order chi connectivity index (χ0) is 13.0. The van der Waals surface area contributed by atoms with E-state index in [-0.39, 0.29) is 0 Å². The summed E-state index contributed by atoms with van der Waals surface area (Å²) in [5, 5.41) is 8.13. The zero-order valence-corrected chi connectivity index (χ0v) is 11.8. The van der Waals surface area contributed by atoms with Crippen molar-refractivity contribution in [3.63, 3.8) is 0 Å². The van der Waals surface area contributed by atoms with Crippen LogP contribution in [0.15, 0.2) is 18.3 Å². The highest BCUT2D eigenvalue weighted by Crippen LogP contribution is 2.19. The van der Waals surface area contributed by atoms with Gasteiger partial charge in [0.1, 0.15) is 0 Å². The van der Waals surface area contributed by atoms with Crippen molar-refractivity contribution in [2.45, 2.75) is 45.6 Å². The summed E-state index contributed by atoms with van der Waals surface area (Å²) < 4.78 is 1.93. The Hall–Kier alpha value is -1.09. The first-order valence-corrected chi connectivity index (χ1v) is 7.05. The molecule has 1 heterocycles. The fourth-order valence-corrected chi connectivity index (χ4v) is 2.63. The van der Waals surface area contributed by atoms with Crippen molar-refractivity contribution >= 4 is 0 Å². The maximum atomic E-state index is 4.54. The summed E-state index contributed by atoms with van der Waals surface area (Å²) in [4.78, 5) is 0. The average molecular weight is 247 g/mol. The predicted molar refractivity (Wildman–Crippen MR) is 75.5 cm³/mol. The maximum absolute atomic E-state index is 4.54. The molecule has 1 aromatic heterocycles. The molecule has 0 spiro atoms. The molecule has 3 nitrogen and oxygen atoms in total. The molecular formula is C15H25N3. The fourth-order valence-electron chi connectivity index (χ4n) is 2.63. The van der Waals surface area contributed by atoms with E-state index in [0.29, 0.717) is 5.92 Å². The number of hydrogen-bond donors (Lipinski definition) is 1. The van der Waals surface area contributed by atoms with Gasteiger partial charge in [-0.05, 0) is 37.6 Å². The first kappa shape index (κ1) is 13.3. The van der Waals surface area contributed by atoms with Crippen LogP contribution >= 0.6 is 0 Å². The van der Waals surface area contributed by atoms with Crippen LogP contribution in [0.3, 0.4) is 0 Å². The monoisotopic (exact) mass is 247 g/mol. The molecule has 1 unspecified atom stereocenters. The molecule has 0 radical (unpaired) electrons. The van der Waals surface area contributed by atoms with Gasteiger partial charge in [-0.25, -0.2) is 0 Å². The van der Waals surface area contributed by atoms with Gasteiger partial charge in [-0.3, -0.25) is 4.68 Å². The second-order valence-corrected chi connectivity index (χ2v) is 5.65. The van der Waals surface area contributed by atoms with Gasteiger partial charge in [0.15, 0.2) is 0 Å². The van der Waals surface area contributed by atoms with Crippen molar-refractivity contribution in [2.75, 3.05) is 6.54 Å². The Balaban J connectivity index is 1.84. The van der Waals surface area contributed by atoms with Crippen molar-refractivity contribution in [3.05, 3.63) is 29.6 Å². The molecule has 1 N–H and O–H groups in total. The summed E-state index contributed by atoms with van der Waals surface area (Å²) in [6.45, 7) is 6.48.